The Morgan fingerprint density at radius 3 is 1.45 bits per heavy atom. The molecule has 0 aromatic carbocycles. The van der Waals surface area contributed by atoms with E-state index in [1.54, 1.807) is 0 Å². The van der Waals surface area contributed by atoms with Crippen LogP contribution in [0, 0.1) is 5.41 Å². The molecule has 2 heteroatoms. The zero-order valence-electron chi connectivity index (χ0n) is 8.33. The Labute approximate surface area is 70.8 Å². The van der Waals surface area contributed by atoms with E-state index in [9.17, 15) is 0 Å². The van der Waals surface area contributed by atoms with Gasteiger partial charge >= 0.3 is 0 Å². The summed E-state index contributed by atoms with van der Waals surface area (Å²) in [5.41, 5.74) is 0.462. The second-order valence-electron chi connectivity index (χ2n) is 3.27. The summed E-state index contributed by atoms with van der Waals surface area (Å²) in [6.45, 7) is 6.75. The largest absolute Gasteiger partial charge is 0.319 e. The van der Waals surface area contributed by atoms with Crippen LogP contribution in [-0.4, -0.2) is 27.2 Å². The van der Waals surface area contributed by atoms with Crippen molar-refractivity contribution in [3.8, 4) is 0 Å². The first-order chi connectivity index (χ1) is 5.24. The lowest BCUT2D eigenvalue weighted by atomic mass is 9.82. The molecular weight excluding hydrogens is 136 g/mol. The number of hydrogen-bond acceptors (Lipinski definition) is 2. The first-order valence-electron chi connectivity index (χ1n) is 4.54. The van der Waals surface area contributed by atoms with E-state index in [0.717, 1.165) is 13.1 Å². The Morgan fingerprint density at radius 1 is 0.909 bits per heavy atom. The summed E-state index contributed by atoms with van der Waals surface area (Å²) < 4.78 is 0. The molecule has 0 heterocycles. The van der Waals surface area contributed by atoms with Gasteiger partial charge in [0.15, 0.2) is 0 Å². The average molecular weight is 158 g/mol. The highest BCUT2D eigenvalue weighted by molar-refractivity contribution is 4.80. The summed E-state index contributed by atoms with van der Waals surface area (Å²) in [7, 11) is 4.05. The molecule has 0 bridgehead atoms. The molecule has 0 radical (unpaired) electrons. The molecule has 2 N–H and O–H groups in total. The second-order valence-corrected chi connectivity index (χ2v) is 3.27. The SMILES string of the molecule is CCC(CC)(CNC)CNC. The molecule has 2 nitrogen and oxygen atoms in total. The van der Waals surface area contributed by atoms with Gasteiger partial charge in [-0.05, 0) is 32.4 Å². The lowest BCUT2D eigenvalue weighted by Crippen LogP contribution is -2.39. The van der Waals surface area contributed by atoms with Crippen LogP contribution in [-0.2, 0) is 0 Å². The van der Waals surface area contributed by atoms with Crippen molar-refractivity contribution in [2.75, 3.05) is 27.2 Å². The molecule has 0 fully saturated rings. The molecule has 0 spiro atoms. The molecule has 0 unspecified atom stereocenters. The van der Waals surface area contributed by atoms with Crippen molar-refractivity contribution >= 4 is 0 Å². The normalized spacial score (nSPS) is 12.0. The first kappa shape index (κ1) is 10.9. The highest BCUT2D eigenvalue weighted by Crippen LogP contribution is 2.23. The molecule has 68 valence electrons. The van der Waals surface area contributed by atoms with Crippen LogP contribution in [0.25, 0.3) is 0 Å². The van der Waals surface area contributed by atoms with Crippen LogP contribution in [0.15, 0.2) is 0 Å². The monoisotopic (exact) mass is 158 g/mol. The van der Waals surface area contributed by atoms with Crippen LogP contribution >= 0.6 is 0 Å². The van der Waals surface area contributed by atoms with Gasteiger partial charge in [-0.3, -0.25) is 0 Å². The van der Waals surface area contributed by atoms with E-state index >= 15 is 0 Å². The third-order valence-electron chi connectivity index (χ3n) is 2.60. The fourth-order valence-electron chi connectivity index (χ4n) is 1.56. The van der Waals surface area contributed by atoms with Gasteiger partial charge < -0.3 is 10.6 Å². The van der Waals surface area contributed by atoms with Crippen LogP contribution in [0.5, 0.6) is 0 Å². The molecule has 0 atom stereocenters. The predicted octanol–water partition coefficient (Wildman–Crippen LogP) is 1.23. The summed E-state index contributed by atoms with van der Waals surface area (Å²) in [4.78, 5) is 0. The van der Waals surface area contributed by atoms with Crippen molar-refractivity contribution in [3.05, 3.63) is 0 Å². The molecule has 11 heavy (non-hydrogen) atoms. The summed E-state index contributed by atoms with van der Waals surface area (Å²) in [6, 6.07) is 0. The van der Waals surface area contributed by atoms with Gasteiger partial charge in [-0.15, -0.1) is 0 Å². The van der Waals surface area contributed by atoms with Crippen molar-refractivity contribution < 1.29 is 0 Å². The van der Waals surface area contributed by atoms with Crippen molar-refractivity contribution in [1.82, 2.24) is 10.6 Å². The minimum absolute atomic E-state index is 0.462. The quantitative estimate of drug-likeness (QED) is 0.607. The maximum atomic E-state index is 3.26. The van der Waals surface area contributed by atoms with Gasteiger partial charge in [0.05, 0.1) is 0 Å². The minimum atomic E-state index is 0.462. The Hall–Kier alpha value is -0.0800. The summed E-state index contributed by atoms with van der Waals surface area (Å²) in [6.07, 6.45) is 2.48. The molecule has 0 rings (SSSR count). The maximum absolute atomic E-state index is 3.26. The highest BCUT2D eigenvalue weighted by atomic mass is 14.9. The van der Waals surface area contributed by atoms with Crippen molar-refractivity contribution in [1.29, 1.82) is 0 Å². The molecule has 0 aromatic rings. The Balaban J connectivity index is 3.96. The zero-order chi connectivity index (χ0) is 8.74. The van der Waals surface area contributed by atoms with Crippen molar-refractivity contribution in [3.63, 3.8) is 0 Å². The third-order valence-corrected chi connectivity index (χ3v) is 2.60. The van der Waals surface area contributed by atoms with Crippen LogP contribution in [0.3, 0.4) is 0 Å². The van der Waals surface area contributed by atoms with Gasteiger partial charge in [0.1, 0.15) is 0 Å². The molecule has 0 saturated heterocycles. The van der Waals surface area contributed by atoms with Gasteiger partial charge in [-0.1, -0.05) is 13.8 Å². The van der Waals surface area contributed by atoms with Crippen LogP contribution in [0.2, 0.25) is 0 Å². The summed E-state index contributed by atoms with van der Waals surface area (Å²) in [5.74, 6) is 0. The van der Waals surface area contributed by atoms with E-state index in [4.69, 9.17) is 0 Å². The van der Waals surface area contributed by atoms with Crippen LogP contribution < -0.4 is 10.6 Å². The van der Waals surface area contributed by atoms with Crippen LogP contribution in [0.1, 0.15) is 26.7 Å². The third kappa shape index (κ3) is 3.21. The predicted molar refractivity (Wildman–Crippen MR) is 50.9 cm³/mol. The molecule has 0 aromatic heterocycles. The van der Waals surface area contributed by atoms with E-state index in [1.807, 2.05) is 14.1 Å². The number of nitrogens with one attached hydrogen (secondary N) is 2. The van der Waals surface area contributed by atoms with E-state index < -0.39 is 0 Å². The Kier molecular flexibility index (Phi) is 5.51. The van der Waals surface area contributed by atoms with Gasteiger partial charge in [0.2, 0.25) is 0 Å². The first-order valence-corrected chi connectivity index (χ1v) is 4.54. The summed E-state index contributed by atoms with van der Waals surface area (Å²) in [5, 5.41) is 6.51. The molecule has 0 aliphatic carbocycles. The van der Waals surface area contributed by atoms with Crippen LogP contribution in [0.4, 0.5) is 0 Å². The fraction of sp³-hybridized carbons (Fsp3) is 1.00. The smallest absolute Gasteiger partial charge is 0.00168 e. The van der Waals surface area contributed by atoms with Gasteiger partial charge in [-0.25, -0.2) is 0 Å². The van der Waals surface area contributed by atoms with Gasteiger partial charge in [-0.2, -0.15) is 0 Å². The van der Waals surface area contributed by atoms with E-state index in [-0.39, 0.29) is 0 Å². The average Bonchev–Trinajstić information content (AvgIpc) is 2.04. The van der Waals surface area contributed by atoms with Gasteiger partial charge in [0, 0.05) is 13.1 Å². The van der Waals surface area contributed by atoms with E-state index in [0.29, 0.717) is 5.41 Å². The molecule has 0 amide bonds. The fourth-order valence-corrected chi connectivity index (χ4v) is 1.56. The van der Waals surface area contributed by atoms with Crippen molar-refractivity contribution in [2.45, 2.75) is 26.7 Å². The highest BCUT2D eigenvalue weighted by Gasteiger charge is 2.23. The molecule has 0 aliphatic rings. The summed E-state index contributed by atoms with van der Waals surface area (Å²) >= 11 is 0. The van der Waals surface area contributed by atoms with Gasteiger partial charge in [0.25, 0.3) is 0 Å². The minimum Gasteiger partial charge on any atom is -0.319 e. The standard InChI is InChI=1S/C9H22N2/c1-5-9(6-2,7-10-3)8-11-4/h10-11H,5-8H2,1-4H3. The topological polar surface area (TPSA) is 24.1 Å². The zero-order valence-corrected chi connectivity index (χ0v) is 8.33. The maximum Gasteiger partial charge on any atom is 0.00168 e. The number of hydrogen-bond donors (Lipinski definition) is 2. The molecular formula is C9H22N2. The molecule has 0 aliphatic heterocycles. The Morgan fingerprint density at radius 2 is 1.27 bits per heavy atom. The van der Waals surface area contributed by atoms with E-state index in [2.05, 4.69) is 24.5 Å². The lowest BCUT2D eigenvalue weighted by Gasteiger charge is -2.31. The number of rotatable bonds is 6. The lowest BCUT2D eigenvalue weighted by molar-refractivity contribution is 0.249. The second kappa shape index (κ2) is 5.56. The van der Waals surface area contributed by atoms with E-state index in [1.165, 1.54) is 12.8 Å². The Bertz CT molecular complexity index is 79.6. The van der Waals surface area contributed by atoms with Crippen molar-refractivity contribution in [2.24, 2.45) is 5.41 Å². The molecule has 0 saturated carbocycles.